The van der Waals surface area contributed by atoms with Gasteiger partial charge in [-0.2, -0.15) is 0 Å². The molecule has 1 aliphatic heterocycles. The van der Waals surface area contributed by atoms with Crippen molar-refractivity contribution in [1.82, 2.24) is 24.6 Å². The Morgan fingerprint density at radius 3 is 2.63 bits per heavy atom. The van der Waals surface area contributed by atoms with Crippen LogP contribution in [-0.4, -0.2) is 37.8 Å². The molecular weight excluding hydrogens is 342 g/mol. The van der Waals surface area contributed by atoms with Crippen LogP contribution in [0.3, 0.4) is 0 Å². The average Bonchev–Trinajstić information content (AvgIpc) is 3.13. The summed E-state index contributed by atoms with van der Waals surface area (Å²) >= 11 is 0. The van der Waals surface area contributed by atoms with Crippen molar-refractivity contribution in [3.05, 3.63) is 53.4 Å². The SMILES string of the molecule is Cc1ncc(C)n2nc(/C=C/c3ccc4cc5c(cc4n3)OCCO5)nc12. The summed E-state index contributed by atoms with van der Waals surface area (Å²) in [6.45, 7) is 5.02. The van der Waals surface area contributed by atoms with Gasteiger partial charge in [0.1, 0.15) is 13.2 Å². The van der Waals surface area contributed by atoms with Gasteiger partial charge in [0.15, 0.2) is 23.0 Å². The summed E-state index contributed by atoms with van der Waals surface area (Å²) in [5.41, 5.74) is 4.25. The van der Waals surface area contributed by atoms with Gasteiger partial charge in [0.2, 0.25) is 0 Å². The van der Waals surface area contributed by atoms with Crippen LogP contribution in [0.15, 0.2) is 30.5 Å². The molecule has 0 fully saturated rings. The van der Waals surface area contributed by atoms with Crippen LogP contribution in [0, 0.1) is 13.8 Å². The van der Waals surface area contributed by atoms with Gasteiger partial charge in [0, 0.05) is 17.6 Å². The molecule has 0 saturated heterocycles. The first kappa shape index (κ1) is 15.7. The van der Waals surface area contributed by atoms with Crippen LogP contribution in [-0.2, 0) is 0 Å². The van der Waals surface area contributed by atoms with Gasteiger partial charge in [0.05, 0.1) is 22.6 Å². The Morgan fingerprint density at radius 2 is 1.81 bits per heavy atom. The molecule has 7 nitrogen and oxygen atoms in total. The highest BCUT2D eigenvalue weighted by molar-refractivity contribution is 5.84. The van der Waals surface area contributed by atoms with Crippen molar-refractivity contribution in [2.24, 2.45) is 0 Å². The van der Waals surface area contributed by atoms with Gasteiger partial charge in [-0.1, -0.05) is 6.07 Å². The molecule has 1 aliphatic rings. The number of hydrogen-bond donors (Lipinski definition) is 0. The van der Waals surface area contributed by atoms with Gasteiger partial charge >= 0.3 is 0 Å². The van der Waals surface area contributed by atoms with E-state index >= 15 is 0 Å². The normalized spacial score (nSPS) is 13.7. The lowest BCUT2D eigenvalue weighted by molar-refractivity contribution is 0.172. The fraction of sp³-hybridized carbons (Fsp3) is 0.200. The number of aryl methyl sites for hydroxylation is 2. The van der Waals surface area contributed by atoms with E-state index in [1.807, 2.05) is 50.3 Å². The maximum absolute atomic E-state index is 5.65. The fourth-order valence-corrected chi connectivity index (χ4v) is 3.11. The van der Waals surface area contributed by atoms with Crippen LogP contribution in [0.1, 0.15) is 22.9 Å². The number of ether oxygens (including phenoxy) is 2. The summed E-state index contributed by atoms with van der Waals surface area (Å²) in [6, 6.07) is 7.87. The number of fused-ring (bicyclic) bond motifs is 3. The Kier molecular flexibility index (Phi) is 3.53. The summed E-state index contributed by atoms with van der Waals surface area (Å²) in [4.78, 5) is 13.6. The lowest BCUT2D eigenvalue weighted by Gasteiger charge is -2.18. The molecule has 4 heterocycles. The Balaban J connectivity index is 1.50. The van der Waals surface area contributed by atoms with Gasteiger partial charge in [0.25, 0.3) is 0 Å². The number of rotatable bonds is 2. The molecule has 0 bridgehead atoms. The second-order valence-electron chi connectivity index (χ2n) is 6.45. The highest BCUT2D eigenvalue weighted by Gasteiger charge is 2.13. The van der Waals surface area contributed by atoms with Crippen molar-refractivity contribution in [2.75, 3.05) is 13.2 Å². The summed E-state index contributed by atoms with van der Waals surface area (Å²) in [6.07, 6.45) is 5.56. The Bertz CT molecular complexity index is 1170. The van der Waals surface area contributed by atoms with Gasteiger partial charge in [-0.15, -0.1) is 5.10 Å². The minimum Gasteiger partial charge on any atom is -0.486 e. The first-order valence-electron chi connectivity index (χ1n) is 8.75. The van der Waals surface area contributed by atoms with E-state index in [1.54, 1.807) is 10.7 Å². The number of pyridine rings is 1. The molecule has 134 valence electrons. The summed E-state index contributed by atoms with van der Waals surface area (Å²) in [5, 5.41) is 5.54. The predicted molar refractivity (Wildman–Crippen MR) is 102 cm³/mol. The molecule has 0 N–H and O–H groups in total. The molecule has 4 aromatic rings. The maximum atomic E-state index is 5.65. The lowest BCUT2D eigenvalue weighted by atomic mass is 10.1. The third kappa shape index (κ3) is 2.77. The van der Waals surface area contributed by atoms with Crippen molar-refractivity contribution < 1.29 is 9.47 Å². The second kappa shape index (κ2) is 6.05. The van der Waals surface area contributed by atoms with Crippen molar-refractivity contribution in [2.45, 2.75) is 13.8 Å². The van der Waals surface area contributed by atoms with Crippen molar-refractivity contribution in [3.8, 4) is 11.5 Å². The standard InChI is InChI=1S/C20H17N5O2/c1-12-11-21-13(2)20-23-19(24-25(12)20)6-5-15-4-3-14-9-17-18(10-16(14)22-15)27-8-7-26-17/h3-6,9-11H,7-8H2,1-2H3/b6-5+. The molecule has 0 aliphatic carbocycles. The van der Waals surface area contributed by atoms with Gasteiger partial charge < -0.3 is 9.47 Å². The van der Waals surface area contributed by atoms with E-state index in [-0.39, 0.29) is 0 Å². The third-order valence-corrected chi connectivity index (χ3v) is 4.50. The molecule has 3 aromatic heterocycles. The van der Waals surface area contributed by atoms with E-state index in [0.717, 1.165) is 45.1 Å². The Morgan fingerprint density at radius 1 is 1.00 bits per heavy atom. The first-order chi connectivity index (χ1) is 13.2. The lowest BCUT2D eigenvalue weighted by Crippen LogP contribution is -2.15. The molecular formula is C20H17N5O2. The van der Waals surface area contributed by atoms with E-state index in [1.165, 1.54) is 0 Å². The Labute approximate surface area is 155 Å². The summed E-state index contributed by atoms with van der Waals surface area (Å²) < 4.78 is 13.1. The maximum Gasteiger partial charge on any atom is 0.177 e. The van der Waals surface area contributed by atoms with E-state index in [4.69, 9.17) is 14.5 Å². The Hall–Kier alpha value is -3.48. The van der Waals surface area contributed by atoms with Crippen LogP contribution in [0.2, 0.25) is 0 Å². The smallest absolute Gasteiger partial charge is 0.177 e. The molecule has 5 rings (SSSR count). The minimum atomic E-state index is 0.561. The van der Waals surface area contributed by atoms with Gasteiger partial charge in [-0.05, 0) is 38.1 Å². The second-order valence-corrected chi connectivity index (χ2v) is 6.45. The van der Waals surface area contributed by atoms with Crippen molar-refractivity contribution in [3.63, 3.8) is 0 Å². The average molecular weight is 359 g/mol. The molecule has 1 aromatic carbocycles. The zero-order chi connectivity index (χ0) is 18.4. The van der Waals surface area contributed by atoms with Gasteiger partial charge in [-0.25, -0.2) is 14.5 Å². The molecule has 0 saturated carbocycles. The zero-order valence-electron chi connectivity index (χ0n) is 15.0. The van der Waals surface area contributed by atoms with Crippen LogP contribution in [0.5, 0.6) is 11.5 Å². The predicted octanol–water partition coefficient (Wildman–Crippen LogP) is 3.23. The highest BCUT2D eigenvalue weighted by Crippen LogP contribution is 2.34. The number of benzene rings is 1. The topological polar surface area (TPSA) is 74.4 Å². The first-order valence-corrected chi connectivity index (χ1v) is 8.75. The van der Waals surface area contributed by atoms with Crippen LogP contribution < -0.4 is 9.47 Å². The number of hydrogen-bond acceptors (Lipinski definition) is 6. The molecule has 0 radical (unpaired) electrons. The number of aromatic nitrogens is 5. The quantitative estimate of drug-likeness (QED) is 0.547. The van der Waals surface area contributed by atoms with Crippen LogP contribution >= 0.6 is 0 Å². The molecule has 0 atom stereocenters. The fourth-order valence-electron chi connectivity index (χ4n) is 3.11. The minimum absolute atomic E-state index is 0.561. The van der Waals surface area contributed by atoms with Crippen molar-refractivity contribution in [1.29, 1.82) is 0 Å². The van der Waals surface area contributed by atoms with E-state index in [0.29, 0.717) is 19.0 Å². The van der Waals surface area contributed by atoms with E-state index in [2.05, 4.69) is 15.1 Å². The molecule has 0 spiro atoms. The summed E-state index contributed by atoms with van der Waals surface area (Å²) in [5.74, 6) is 2.13. The van der Waals surface area contributed by atoms with Crippen LogP contribution in [0.4, 0.5) is 0 Å². The molecule has 7 heteroatoms. The highest BCUT2D eigenvalue weighted by atomic mass is 16.6. The van der Waals surface area contributed by atoms with Crippen molar-refractivity contribution >= 4 is 28.7 Å². The zero-order valence-corrected chi connectivity index (χ0v) is 15.0. The van der Waals surface area contributed by atoms with E-state index in [9.17, 15) is 0 Å². The van der Waals surface area contributed by atoms with Crippen LogP contribution in [0.25, 0.3) is 28.7 Å². The van der Waals surface area contributed by atoms with E-state index < -0.39 is 0 Å². The van der Waals surface area contributed by atoms with Gasteiger partial charge in [-0.3, -0.25) is 4.98 Å². The third-order valence-electron chi connectivity index (χ3n) is 4.50. The summed E-state index contributed by atoms with van der Waals surface area (Å²) in [7, 11) is 0. The molecule has 0 unspecified atom stereocenters. The molecule has 0 amide bonds. The number of nitrogens with zero attached hydrogens (tertiary/aromatic N) is 5. The monoisotopic (exact) mass is 359 g/mol. The largest absolute Gasteiger partial charge is 0.486 e. The molecule has 27 heavy (non-hydrogen) atoms.